The summed E-state index contributed by atoms with van der Waals surface area (Å²) in [5.74, 6) is 0.972. The fourth-order valence-corrected chi connectivity index (χ4v) is 3.26. The van der Waals surface area contributed by atoms with Gasteiger partial charge in [0.1, 0.15) is 0 Å². The number of guanidine groups is 1. The van der Waals surface area contributed by atoms with Gasteiger partial charge in [0, 0.05) is 36.8 Å². The van der Waals surface area contributed by atoms with Crippen molar-refractivity contribution in [1.82, 2.24) is 10.6 Å². The summed E-state index contributed by atoms with van der Waals surface area (Å²) in [6, 6.07) is 15.8. The first kappa shape index (κ1) is 19.2. The maximum atomic E-state index is 11.8. The van der Waals surface area contributed by atoms with Crippen LogP contribution in [0.2, 0.25) is 5.02 Å². The highest BCUT2D eigenvalue weighted by molar-refractivity contribution is 6.30. The number of carbonyl (C=O) groups is 1. The second-order valence-corrected chi connectivity index (χ2v) is 6.93. The Kier molecular flexibility index (Phi) is 6.71. The first-order valence-electron chi connectivity index (χ1n) is 9.31. The van der Waals surface area contributed by atoms with E-state index in [0.717, 1.165) is 47.3 Å². The van der Waals surface area contributed by atoms with Crippen LogP contribution >= 0.6 is 11.6 Å². The SMILES string of the molecule is CCNC(=NCc1cccc(Cl)c1)NCc1ccc(N2CCCC2=O)cc1. The van der Waals surface area contributed by atoms with E-state index in [4.69, 9.17) is 11.6 Å². The van der Waals surface area contributed by atoms with Crippen molar-refractivity contribution in [3.63, 3.8) is 0 Å². The van der Waals surface area contributed by atoms with Gasteiger partial charge in [0.25, 0.3) is 0 Å². The maximum absolute atomic E-state index is 11.8. The number of carbonyl (C=O) groups excluding carboxylic acids is 1. The van der Waals surface area contributed by atoms with Crippen LogP contribution in [0.25, 0.3) is 0 Å². The minimum absolute atomic E-state index is 0.212. The van der Waals surface area contributed by atoms with Crippen LogP contribution in [-0.2, 0) is 17.9 Å². The second kappa shape index (κ2) is 9.42. The van der Waals surface area contributed by atoms with E-state index in [1.165, 1.54) is 0 Å². The summed E-state index contributed by atoms with van der Waals surface area (Å²) in [5.41, 5.74) is 3.18. The summed E-state index contributed by atoms with van der Waals surface area (Å²) in [4.78, 5) is 18.3. The molecule has 0 aromatic heterocycles. The molecule has 1 aliphatic rings. The van der Waals surface area contributed by atoms with Gasteiger partial charge in [-0.25, -0.2) is 4.99 Å². The van der Waals surface area contributed by atoms with E-state index in [2.05, 4.69) is 27.8 Å². The van der Waals surface area contributed by atoms with Crippen LogP contribution in [0.3, 0.4) is 0 Å². The third-order valence-corrected chi connectivity index (χ3v) is 4.67. The van der Waals surface area contributed by atoms with Crippen LogP contribution in [0.15, 0.2) is 53.5 Å². The Hall–Kier alpha value is -2.53. The molecular weight excluding hydrogens is 360 g/mol. The molecule has 1 saturated heterocycles. The number of rotatable bonds is 6. The first-order chi connectivity index (χ1) is 13.2. The smallest absolute Gasteiger partial charge is 0.227 e. The summed E-state index contributed by atoms with van der Waals surface area (Å²) in [5, 5.41) is 7.32. The fraction of sp³-hybridized carbons (Fsp3) is 0.333. The van der Waals surface area contributed by atoms with E-state index in [9.17, 15) is 4.79 Å². The molecule has 1 aliphatic heterocycles. The molecular formula is C21H25ClN4O. The van der Waals surface area contributed by atoms with Crippen LogP contribution in [0.1, 0.15) is 30.9 Å². The molecule has 0 bridgehead atoms. The van der Waals surface area contributed by atoms with Crippen molar-refractivity contribution in [2.45, 2.75) is 32.9 Å². The zero-order valence-corrected chi connectivity index (χ0v) is 16.3. The van der Waals surface area contributed by atoms with Gasteiger partial charge in [-0.05, 0) is 48.7 Å². The van der Waals surface area contributed by atoms with Crippen LogP contribution in [0, 0.1) is 0 Å². The summed E-state index contributed by atoms with van der Waals surface area (Å²) in [7, 11) is 0. The lowest BCUT2D eigenvalue weighted by molar-refractivity contribution is -0.117. The maximum Gasteiger partial charge on any atom is 0.227 e. The molecule has 2 N–H and O–H groups in total. The summed E-state index contributed by atoms with van der Waals surface area (Å²) in [6.07, 6.45) is 1.59. The zero-order valence-electron chi connectivity index (χ0n) is 15.5. The quantitative estimate of drug-likeness (QED) is 0.589. The molecule has 0 saturated carbocycles. The van der Waals surface area contributed by atoms with Crippen LogP contribution in [-0.4, -0.2) is 25.0 Å². The van der Waals surface area contributed by atoms with Gasteiger partial charge in [0.15, 0.2) is 5.96 Å². The van der Waals surface area contributed by atoms with Gasteiger partial charge in [-0.2, -0.15) is 0 Å². The van der Waals surface area contributed by atoms with Gasteiger partial charge in [-0.1, -0.05) is 35.9 Å². The minimum Gasteiger partial charge on any atom is -0.357 e. The van der Waals surface area contributed by atoms with E-state index in [1.54, 1.807) is 0 Å². The highest BCUT2D eigenvalue weighted by Gasteiger charge is 2.21. The Bertz CT molecular complexity index is 804. The number of halogens is 1. The third-order valence-electron chi connectivity index (χ3n) is 4.43. The Morgan fingerprint density at radius 1 is 1.15 bits per heavy atom. The molecule has 142 valence electrons. The highest BCUT2D eigenvalue weighted by atomic mass is 35.5. The Labute approximate surface area is 165 Å². The molecule has 0 spiro atoms. The van der Waals surface area contributed by atoms with E-state index in [0.29, 0.717) is 19.5 Å². The molecule has 2 aromatic rings. The standard InChI is InChI=1S/C21H25ClN4O/c1-2-23-21(25-15-17-5-3-6-18(22)13-17)24-14-16-8-10-19(11-9-16)26-12-4-7-20(26)27/h3,5-6,8-11,13H,2,4,7,12,14-15H2,1H3,(H2,23,24,25). The van der Waals surface area contributed by atoms with Gasteiger partial charge in [-0.3, -0.25) is 4.79 Å². The van der Waals surface area contributed by atoms with Crippen molar-refractivity contribution >= 4 is 29.2 Å². The van der Waals surface area contributed by atoms with Crippen molar-refractivity contribution in [2.24, 2.45) is 4.99 Å². The van der Waals surface area contributed by atoms with Gasteiger partial charge >= 0.3 is 0 Å². The van der Waals surface area contributed by atoms with Crippen LogP contribution in [0.4, 0.5) is 5.69 Å². The molecule has 27 heavy (non-hydrogen) atoms. The molecule has 6 heteroatoms. The molecule has 5 nitrogen and oxygen atoms in total. The molecule has 0 unspecified atom stereocenters. The van der Waals surface area contributed by atoms with Crippen molar-refractivity contribution in [2.75, 3.05) is 18.0 Å². The molecule has 1 fully saturated rings. The van der Waals surface area contributed by atoms with Crippen molar-refractivity contribution in [1.29, 1.82) is 0 Å². The number of nitrogens with one attached hydrogen (secondary N) is 2. The molecule has 0 atom stereocenters. The van der Waals surface area contributed by atoms with Crippen LogP contribution in [0.5, 0.6) is 0 Å². The number of anilines is 1. The lowest BCUT2D eigenvalue weighted by Gasteiger charge is -2.16. The molecule has 2 aromatic carbocycles. The molecule has 3 rings (SSSR count). The minimum atomic E-state index is 0.212. The van der Waals surface area contributed by atoms with Gasteiger partial charge < -0.3 is 15.5 Å². The molecule has 1 amide bonds. The Balaban J connectivity index is 1.58. The fourth-order valence-electron chi connectivity index (χ4n) is 3.05. The highest BCUT2D eigenvalue weighted by Crippen LogP contribution is 2.21. The predicted octanol–water partition coefficient (Wildman–Crippen LogP) is 3.72. The van der Waals surface area contributed by atoms with E-state index in [1.807, 2.05) is 48.2 Å². The monoisotopic (exact) mass is 384 g/mol. The van der Waals surface area contributed by atoms with E-state index >= 15 is 0 Å². The van der Waals surface area contributed by atoms with Crippen LogP contribution < -0.4 is 15.5 Å². The number of hydrogen-bond acceptors (Lipinski definition) is 2. The van der Waals surface area contributed by atoms with E-state index < -0.39 is 0 Å². The summed E-state index contributed by atoms with van der Waals surface area (Å²) >= 11 is 6.03. The average molecular weight is 385 g/mol. The average Bonchev–Trinajstić information content (AvgIpc) is 3.10. The van der Waals surface area contributed by atoms with Gasteiger partial charge in [-0.15, -0.1) is 0 Å². The predicted molar refractivity (Wildman–Crippen MR) is 111 cm³/mol. The van der Waals surface area contributed by atoms with Crippen molar-refractivity contribution in [3.05, 3.63) is 64.7 Å². The Morgan fingerprint density at radius 3 is 2.63 bits per heavy atom. The van der Waals surface area contributed by atoms with Crippen molar-refractivity contribution < 1.29 is 4.79 Å². The van der Waals surface area contributed by atoms with Gasteiger partial charge in [0.05, 0.1) is 6.54 Å². The number of aliphatic imine (C=N–C) groups is 1. The lowest BCUT2D eigenvalue weighted by Crippen LogP contribution is -2.36. The van der Waals surface area contributed by atoms with Crippen molar-refractivity contribution in [3.8, 4) is 0 Å². The molecule has 1 heterocycles. The van der Waals surface area contributed by atoms with Gasteiger partial charge in [0.2, 0.25) is 5.91 Å². The Morgan fingerprint density at radius 2 is 1.96 bits per heavy atom. The van der Waals surface area contributed by atoms with E-state index in [-0.39, 0.29) is 5.91 Å². The largest absolute Gasteiger partial charge is 0.357 e. The normalized spacial score (nSPS) is 14.5. The number of hydrogen-bond donors (Lipinski definition) is 2. The first-order valence-corrected chi connectivity index (χ1v) is 9.69. The summed E-state index contributed by atoms with van der Waals surface area (Å²) in [6.45, 7) is 4.87. The zero-order chi connectivity index (χ0) is 19.1. The topological polar surface area (TPSA) is 56.7 Å². The number of amides is 1. The third kappa shape index (κ3) is 5.47. The second-order valence-electron chi connectivity index (χ2n) is 6.49. The number of benzene rings is 2. The molecule has 0 radical (unpaired) electrons. The lowest BCUT2D eigenvalue weighted by atomic mass is 10.2. The summed E-state index contributed by atoms with van der Waals surface area (Å²) < 4.78 is 0. The number of nitrogens with zero attached hydrogens (tertiary/aromatic N) is 2. The molecule has 0 aliphatic carbocycles.